The van der Waals surface area contributed by atoms with Crippen LogP contribution in [0.5, 0.6) is 5.75 Å². The maximum atomic E-state index is 12.3. The summed E-state index contributed by atoms with van der Waals surface area (Å²) >= 11 is 0. The number of esters is 1. The number of ether oxygens (including phenoxy) is 1. The Morgan fingerprint density at radius 3 is 2.18 bits per heavy atom. The summed E-state index contributed by atoms with van der Waals surface area (Å²) in [4.78, 5) is 24.3. The minimum Gasteiger partial charge on any atom is -0.507 e. The molecular formula is C23H23NO4. The van der Waals surface area contributed by atoms with E-state index in [9.17, 15) is 14.7 Å². The standard InChI is InChI=1S/C23H23NO4/c1-23(2,3)17-8-10-18(11-9-17)24-21(26)14-28-22(27)19-12-15-6-4-5-7-16(15)13-20(19)25/h4-13,25H,14H2,1-3H3,(H,24,26). The highest BCUT2D eigenvalue weighted by Crippen LogP contribution is 2.26. The second-order valence-electron chi connectivity index (χ2n) is 7.67. The topological polar surface area (TPSA) is 75.6 Å². The number of carbonyl (C=O) groups excluding carboxylic acids is 2. The zero-order chi connectivity index (χ0) is 20.3. The van der Waals surface area contributed by atoms with Gasteiger partial charge in [0, 0.05) is 5.69 Å². The number of aromatic hydroxyl groups is 1. The number of benzene rings is 3. The lowest BCUT2D eigenvalue weighted by atomic mass is 9.87. The molecule has 5 heteroatoms. The number of hydrogen-bond donors (Lipinski definition) is 2. The van der Waals surface area contributed by atoms with Crippen molar-refractivity contribution in [2.24, 2.45) is 0 Å². The molecule has 0 saturated carbocycles. The van der Waals surface area contributed by atoms with Gasteiger partial charge in [0.05, 0.1) is 0 Å². The van der Waals surface area contributed by atoms with Crippen LogP contribution >= 0.6 is 0 Å². The summed E-state index contributed by atoms with van der Waals surface area (Å²) in [6.07, 6.45) is 0. The summed E-state index contributed by atoms with van der Waals surface area (Å²) in [6.45, 7) is 5.90. The van der Waals surface area contributed by atoms with Gasteiger partial charge in [0.15, 0.2) is 6.61 Å². The van der Waals surface area contributed by atoms with E-state index in [0.717, 1.165) is 16.3 Å². The summed E-state index contributed by atoms with van der Waals surface area (Å²) in [5, 5.41) is 14.4. The number of rotatable bonds is 4. The van der Waals surface area contributed by atoms with Crippen molar-refractivity contribution in [1.82, 2.24) is 0 Å². The van der Waals surface area contributed by atoms with Crippen molar-refractivity contribution >= 4 is 28.3 Å². The minimum absolute atomic E-state index is 0.0277. The van der Waals surface area contributed by atoms with Crippen molar-refractivity contribution in [2.45, 2.75) is 26.2 Å². The number of phenols is 1. The van der Waals surface area contributed by atoms with Gasteiger partial charge in [-0.05, 0) is 46.0 Å². The van der Waals surface area contributed by atoms with E-state index < -0.39 is 18.5 Å². The molecule has 0 heterocycles. The third kappa shape index (κ3) is 4.49. The van der Waals surface area contributed by atoms with Crippen molar-refractivity contribution in [3.05, 3.63) is 71.8 Å². The van der Waals surface area contributed by atoms with Gasteiger partial charge in [-0.15, -0.1) is 0 Å². The molecule has 0 unspecified atom stereocenters. The van der Waals surface area contributed by atoms with Gasteiger partial charge >= 0.3 is 5.97 Å². The monoisotopic (exact) mass is 377 g/mol. The van der Waals surface area contributed by atoms with Crippen LogP contribution in [0.2, 0.25) is 0 Å². The van der Waals surface area contributed by atoms with Crippen molar-refractivity contribution in [2.75, 3.05) is 11.9 Å². The summed E-state index contributed by atoms with van der Waals surface area (Å²) in [5.74, 6) is -1.37. The Morgan fingerprint density at radius 2 is 1.57 bits per heavy atom. The molecule has 0 spiro atoms. The third-order valence-corrected chi connectivity index (χ3v) is 4.45. The van der Waals surface area contributed by atoms with Crippen LogP contribution in [0.25, 0.3) is 10.8 Å². The number of carbonyl (C=O) groups is 2. The second-order valence-corrected chi connectivity index (χ2v) is 7.67. The Bertz CT molecular complexity index is 1020. The first-order valence-electron chi connectivity index (χ1n) is 9.03. The molecule has 3 aromatic carbocycles. The molecule has 3 rings (SSSR count). The lowest BCUT2D eigenvalue weighted by Crippen LogP contribution is -2.21. The van der Waals surface area contributed by atoms with E-state index in [1.54, 1.807) is 6.07 Å². The normalized spacial score (nSPS) is 11.2. The van der Waals surface area contributed by atoms with Crippen LogP contribution in [0.1, 0.15) is 36.7 Å². The average molecular weight is 377 g/mol. The van der Waals surface area contributed by atoms with Gasteiger partial charge in [0.1, 0.15) is 11.3 Å². The highest BCUT2D eigenvalue weighted by molar-refractivity contribution is 6.00. The zero-order valence-electron chi connectivity index (χ0n) is 16.2. The van der Waals surface area contributed by atoms with Crippen molar-refractivity contribution in [3.8, 4) is 5.75 Å². The van der Waals surface area contributed by atoms with Crippen LogP contribution in [-0.4, -0.2) is 23.6 Å². The molecule has 0 fully saturated rings. The highest BCUT2D eigenvalue weighted by atomic mass is 16.5. The van der Waals surface area contributed by atoms with Crippen LogP contribution in [0, 0.1) is 0 Å². The average Bonchev–Trinajstić information content (AvgIpc) is 2.65. The van der Waals surface area contributed by atoms with Gasteiger partial charge in [0.2, 0.25) is 0 Å². The molecule has 5 nitrogen and oxygen atoms in total. The van der Waals surface area contributed by atoms with E-state index in [-0.39, 0.29) is 16.7 Å². The van der Waals surface area contributed by atoms with Gasteiger partial charge in [-0.2, -0.15) is 0 Å². The summed E-state index contributed by atoms with van der Waals surface area (Å²) in [5.41, 5.74) is 1.84. The lowest BCUT2D eigenvalue weighted by molar-refractivity contribution is -0.119. The van der Waals surface area contributed by atoms with E-state index in [1.165, 1.54) is 6.07 Å². The van der Waals surface area contributed by atoms with Gasteiger partial charge in [0.25, 0.3) is 5.91 Å². The lowest BCUT2D eigenvalue weighted by Gasteiger charge is -2.19. The summed E-state index contributed by atoms with van der Waals surface area (Å²) in [6, 6.07) is 17.9. The van der Waals surface area contributed by atoms with Gasteiger partial charge < -0.3 is 15.2 Å². The fourth-order valence-corrected chi connectivity index (χ4v) is 2.85. The van der Waals surface area contributed by atoms with Crippen molar-refractivity contribution in [3.63, 3.8) is 0 Å². The molecule has 2 N–H and O–H groups in total. The SMILES string of the molecule is CC(C)(C)c1ccc(NC(=O)COC(=O)c2cc3ccccc3cc2O)cc1. The van der Waals surface area contributed by atoms with Crippen LogP contribution in [0.3, 0.4) is 0 Å². The predicted molar refractivity (Wildman–Crippen MR) is 110 cm³/mol. The number of anilines is 1. The number of hydrogen-bond acceptors (Lipinski definition) is 4. The van der Waals surface area contributed by atoms with Gasteiger partial charge in [-0.1, -0.05) is 57.2 Å². The molecule has 0 bridgehead atoms. The Kier molecular flexibility index (Phi) is 5.36. The number of nitrogens with one attached hydrogen (secondary N) is 1. The smallest absolute Gasteiger partial charge is 0.342 e. The maximum absolute atomic E-state index is 12.3. The van der Waals surface area contributed by atoms with Crippen LogP contribution in [0.15, 0.2) is 60.7 Å². The first kappa shape index (κ1) is 19.4. The Labute approximate surface area is 164 Å². The fraction of sp³-hybridized carbons (Fsp3) is 0.217. The van der Waals surface area contributed by atoms with E-state index in [1.807, 2.05) is 48.5 Å². The maximum Gasteiger partial charge on any atom is 0.342 e. The van der Waals surface area contributed by atoms with E-state index in [4.69, 9.17) is 4.74 Å². The van der Waals surface area contributed by atoms with Crippen molar-refractivity contribution in [1.29, 1.82) is 0 Å². The molecule has 0 aliphatic carbocycles. The van der Waals surface area contributed by atoms with E-state index >= 15 is 0 Å². The Balaban J connectivity index is 1.61. The molecule has 1 amide bonds. The quantitative estimate of drug-likeness (QED) is 0.650. The summed E-state index contributed by atoms with van der Waals surface area (Å²) < 4.78 is 5.06. The highest BCUT2D eigenvalue weighted by Gasteiger charge is 2.16. The largest absolute Gasteiger partial charge is 0.507 e. The van der Waals surface area contributed by atoms with E-state index in [2.05, 4.69) is 26.1 Å². The molecule has 0 aliphatic heterocycles. The number of amides is 1. The first-order valence-corrected chi connectivity index (χ1v) is 9.03. The predicted octanol–water partition coefficient (Wildman–Crippen LogP) is 4.64. The summed E-state index contributed by atoms with van der Waals surface area (Å²) in [7, 11) is 0. The Morgan fingerprint density at radius 1 is 0.964 bits per heavy atom. The molecule has 0 aromatic heterocycles. The molecule has 3 aromatic rings. The third-order valence-electron chi connectivity index (χ3n) is 4.45. The molecule has 0 atom stereocenters. The van der Waals surface area contributed by atoms with Gasteiger partial charge in [-0.25, -0.2) is 4.79 Å². The molecular weight excluding hydrogens is 354 g/mol. The molecule has 0 saturated heterocycles. The first-order chi connectivity index (χ1) is 13.2. The number of fused-ring (bicyclic) bond motifs is 1. The van der Waals surface area contributed by atoms with Crippen LogP contribution in [-0.2, 0) is 14.9 Å². The molecule has 144 valence electrons. The zero-order valence-corrected chi connectivity index (χ0v) is 16.2. The van der Waals surface area contributed by atoms with Crippen LogP contribution in [0.4, 0.5) is 5.69 Å². The van der Waals surface area contributed by atoms with Gasteiger partial charge in [-0.3, -0.25) is 4.79 Å². The molecule has 0 aliphatic rings. The number of phenolic OH excluding ortho intramolecular Hbond substituents is 1. The minimum atomic E-state index is -0.749. The van der Waals surface area contributed by atoms with Crippen LogP contribution < -0.4 is 5.32 Å². The Hall–Kier alpha value is -3.34. The van der Waals surface area contributed by atoms with E-state index in [0.29, 0.717) is 5.69 Å². The van der Waals surface area contributed by atoms with Crippen molar-refractivity contribution < 1.29 is 19.4 Å². The second kappa shape index (κ2) is 7.72. The molecule has 28 heavy (non-hydrogen) atoms. The molecule has 0 radical (unpaired) electrons. The fourth-order valence-electron chi connectivity index (χ4n) is 2.85.